The summed E-state index contributed by atoms with van der Waals surface area (Å²) in [6, 6.07) is 14.3. The van der Waals surface area contributed by atoms with Gasteiger partial charge in [0.1, 0.15) is 0 Å². The van der Waals surface area contributed by atoms with Crippen molar-refractivity contribution < 1.29 is 39.1 Å². The highest BCUT2D eigenvalue weighted by atomic mass is 16.7. The Kier molecular flexibility index (Phi) is 8.43. The minimum absolute atomic E-state index is 0.100. The van der Waals surface area contributed by atoms with E-state index in [9.17, 15) is 5.11 Å². The van der Waals surface area contributed by atoms with Crippen molar-refractivity contribution in [1.29, 1.82) is 0 Å². The van der Waals surface area contributed by atoms with E-state index in [1.54, 1.807) is 0 Å². The number of nitrogens with one attached hydrogen (secondary N) is 1. The van der Waals surface area contributed by atoms with E-state index >= 15 is 0 Å². The zero-order valence-electron chi connectivity index (χ0n) is 17.5. The van der Waals surface area contributed by atoms with E-state index in [0.717, 1.165) is 36.3 Å². The van der Waals surface area contributed by atoms with Crippen LogP contribution in [0.5, 0.6) is 11.5 Å². The fraction of sp³-hybridized carbons (Fsp3) is 0.391. The first-order valence-corrected chi connectivity index (χ1v) is 10.4. The summed E-state index contributed by atoms with van der Waals surface area (Å²) in [5, 5.41) is 28.3. The van der Waals surface area contributed by atoms with E-state index in [1.165, 1.54) is 11.1 Å². The van der Waals surface area contributed by atoms with Crippen molar-refractivity contribution in [2.75, 3.05) is 19.9 Å². The third-order valence-electron chi connectivity index (χ3n) is 5.13. The quantitative estimate of drug-likeness (QED) is 0.473. The number of ether oxygens (including phenoxy) is 3. The van der Waals surface area contributed by atoms with Crippen molar-refractivity contribution in [3.8, 4) is 11.5 Å². The van der Waals surface area contributed by atoms with Crippen LogP contribution in [0.15, 0.2) is 42.5 Å². The molecule has 2 unspecified atom stereocenters. The van der Waals surface area contributed by atoms with Crippen LogP contribution in [-0.4, -0.2) is 53.3 Å². The average molecular weight is 445 g/mol. The number of aliphatic hydroxyl groups excluding tert-OH is 1. The molecule has 32 heavy (non-hydrogen) atoms. The van der Waals surface area contributed by atoms with Gasteiger partial charge in [0.05, 0.1) is 18.8 Å². The van der Waals surface area contributed by atoms with E-state index in [0.29, 0.717) is 19.7 Å². The standard InChI is InChI=1S/C21H25NO4.C2H2O4/c23-17(12-22-11-15-8-9-20-21(10-15)26-14-25-20)13-24-19-7-3-5-16-4-1-2-6-18(16)19;3-1(4)2(5)6/h1-2,4,6,8-10,17,19,22-23H,3,5,7,11-14H2;(H,3,4)(H,5,6). The molecule has 9 nitrogen and oxygen atoms in total. The highest BCUT2D eigenvalue weighted by Crippen LogP contribution is 2.33. The van der Waals surface area contributed by atoms with Gasteiger partial charge in [0, 0.05) is 13.1 Å². The summed E-state index contributed by atoms with van der Waals surface area (Å²) in [6.45, 7) is 1.78. The van der Waals surface area contributed by atoms with Crippen LogP contribution in [0.1, 0.15) is 35.6 Å². The monoisotopic (exact) mass is 445 g/mol. The lowest BCUT2D eigenvalue weighted by Gasteiger charge is -2.26. The molecule has 0 fully saturated rings. The molecule has 0 saturated carbocycles. The van der Waals surface area contributed by atoms with Gasteiger partial charge in [-0.1, -0.05) is 30.3 Å². The number of aliphatic hydroxyl groups is 1. The Labute approximate surface area is 185 Å². The number of carboxylic acids is 2. The lowest BCUT2D eigenvalue weighted by Crippen LogP contribution is -2.31. The highest BCUT2D eigenvalue weighted by molar-refractivity contribution is 6.27. The van der Waals surface area contributed by atoms with Gasteiger partial charge in [0.15, 0.2) is 11.5 Å². The molecule has 1 aliphatic carbocycles. The van der Waals surface area contributed by atoms with Crippen molar-refractivity contribution in [3.63, 3.8) is 0 Å². The third-order valence-corrected chi connectivity index (χ3v) is 5.13. The van der Waals surface area contributed by atoms with Gasteiger partial charge in [-0.05, 0) is 48.1 Å². The number of carbonyl (C=O) groups is 2. The van der Waals surface area contributed by atoms with Crippen LogP contribution in [0.2, 0.25) is 0 Å². The van der Waals surface area contributed by atoms with E-state index in [1.807, 2.05) is 18.2 Å². The zero-order chi connectivity index (χ0) is 22.9. The van der Waals surface area contributed by atoms with E-state index in [4.69, 9.17) is 34.0 Å². The Hall–Kier alpha value is -3.14. The van der Waals surface area contributed by atoms with Gasteiger partial charge in [0.25, 0.3) is 0 Å². The fourth-order valence-corrected chi connectivity index (χ4v) is 3.60. The number of rotatable bonds is 7. The Morgan fingerprint density at radius 3 is 2.62 bits per heavy atom. The topological polar surface area (TPSA) is 135 Å². The van der Waals surface area contributed by atoms with Crippen LogP contribution in [0.4, 0.5) is 0 Å². The van der Waals surface area contributed by atoms with Gasteiger partial charge >= 0.3 is 11.9 Å². The molecule has 172 valence electrons. The van der Waals surface area contributed by atoms with Crippen LogP contribution in [-0.2, 0) is 27.3 Å². The van der Waals surface area contributed by atoms with Gasteiger partial charge in [-0.3, -0.25) is 0 Å². The van der Waals surface area contributed by atoms with Gasteiger partial charge < -0.3 is 34.8 Å². The summed E-state index contributed by atoms with van der Waals surface area (Å²) >= 11 is 0. The van der Waals surface area contributed by atoms with Crippen LogP contribution in [0, 0.1) is 0 Å². The SMILES string of the molecule is O=C(O)C(=O)O.OC(CNCc1ccc2c(c1)OCO2)COC1CCCc2ccccc21. The Morgan fingerprint density at radius 2 is 1.84 bits per heavy atom. The first kappa shape index (κ1) is 23.5. The van der Waals surface area contributed by atoms with Crippen LogP contribution >= 0.6 is 0 Å². The van der Waals surface area contributed by atoms with Crippen LogP contribution < -0.4 is 14.8 Å². The number of hydrogen-bond acceptors (Lipinski definition) is 7. The summed E-state index contributed by atoms with van der Waals surface area (Å²) in [7, 11) is 0. The predicted octanol–water partition coefficient (Wildman–Crippen LogP) is 2.12. The number of carboxylic acid groups (broad SMARTS) is 2. The van der Waals surface area contributed by atoms with Crippen molar-refractivity contribution in [3.05, 3.63) is 59.2 Å². The Morgan fingerprint density at radius 1 is 1.09 bits per heavy atom. The Balaban J connectivity index is 0.000000427. The lowest BCUT2D eigenvalue weighted by atomic mass is 9.89. The summed E-state index contributed by atoms with van der Waals surface area (Å²) in [6.07, 6.45) is 2.85. The molecule has 1 aliphatic heterocycles. The summed E-state index contributed by atoms with van der Waals surface area (Å²) < 4.78 is 16.7. The van der Waals surface area contributed by atoms with Gasteiger partial charge in [-0.25, -0.2) is 9.59 Å². The Bertz CT molecular complexity index is 920. The third kappa shape index (κ3) is 6.68. The molecule has 0 radical (unpaired) electrons. The summed E-state index contributed by atoms with van der Waals surface area (Å²) in [5.74, 6) is -2.08. The van der Waals surface area contributed by atoms with Crippen molar-refractivity contribution >= 4 is 11.9 Å². The molecule has 0 aromatic heterocycles. The molecule has 2 atom stereocenters. The molecular formula is C23H27NO8. The summed E-state index contributed by atoms with van der Waals surface area (Å²) in [4.78, 5) is 18.2. The zero-order valence-corrected chi connectivity index (χ0v) is 17.5. The number of aryl methyl sites for hydroxylation is 1. The molecule has 2 aliphatic rings. The number of hydrogen-bond donors (Lipinski definition) is 4. The predicted molar refractivity (Wildman–Crippen MR) is 114 cm³/mol. The second-order valence-corrected chi connectivity index (χ2v) is 7.50. The molecule has 0 saturated heterocycles. The fourth-order valence-electron chi connectivity index (χ4n) is 3.60. The number of fused-ring (bicyclic) bond motifs is 2. The number of aliphatic carboxylic acids is 2. The van der Waals surface area contributed by atoms with E-state index in [2.05, 4.69) is 29.6 Å². The van der Waals surface area contributed by atoms with E-state index in [-0.39, 0.29) is 12.9 Å². The van der Waals surface area contributed by atoms with Gasteiger partial charge in [-0.15, -0.1) is 0 Å². The van der Waals surface area contributed by atoms with Gasteiger partial charge in [-0.2, -0.15) is 0 Å². The van der Waals surface area contributed by atoms with Gasteiger partial charge in [0.2, 0.25) is 6.79 Å². The first-order valence-electron chi connectivity index (χ1n) is 10.4. The molecule has 9 heteroatoms. The maximum atomic E-state index is 10.2. The molecule has 0 spiro atoms. The molecule has 1 heterocycles. The van der Waals surface area contributed by atoms with E-state index < -0.39 is 18.0 Å². The summed E-state index contributed by atoms with van der Waals surface area (Å²) in [5.41, 5.74) is 3.75. The maximum Gasteiger partial charge on any atom is 0.414 e. The van der Waals surface area contributed by atoms with Crippen molar-refractivity contribution in [2.45, 2.75) is 38.0 Å². The molecule has 4 N–H and O–H groups in total. The second kappa shape index (κ2) is 11.5. The molecule has 0 amide bonds. The maximum absolute atomic E-state index is 10.2. The largest absolute Gasteiger partial charge is 0.473 e. The van der Waals surface area contributed by atoms with Crippen molar-refractivity contribution in [1.82, 2.24) is 5.32 Å². The average Bonchev–Trinajstić information content (AvgIpc) is 3.26. The van der Waals surface area contributed by atoms with Crippen LogP contribution in [0.3, 0.4) is 0 Å². The normalized spacial score (nSPS) is 17.0. The minimum Gasteiger partial charge on any atom is -0.473 e. The molecule has 2 aromatic carbocycles. The minimum atomic E-state index is -1.82. The lowest BCUT2D eigenvalue weighted by molar-refractivity contribution is -0.159. The second-order valence-electron chi connectivity index (χ2n) is 7.50. The molecular weight excluding hydrogens is 418 g/mol. The first-order chi connectivity index (χ1) is 15.4. The van der Waals surface area contributed by atoms with Crippen LogP contribution in [0.25, 0.3) is 0 Å². The van der Waals surface area contributed by atoms with Crippen molar-refractivity contribution in [2.24, 2.45) is 0 Å². The smallest absolute Gasteiger partial charge is 0.414 e. The highest BCUT2D eigenvalue weighted by Gasteiger charge is 2.21. The molecule has 4 rings (SSSR count). The molecule has 0 bridgehead atoms. The number of benzene rings is 2. The molecule has 2 aromatic rings.